The Morgan fingerprint density at radius 1 is 0.958 bits per heavy atom. The molecule has 4 rings (SSSR count). The molecule has 4 aromatic rings. The summed E-state index contributed by atoms with van der Waals surface area (Å²) >= 11 is 5.94. The van der Waals surface area contributed by atoms with E-state index in [0.717, 1.165) is 16.8 Å². The second-order valence-corrected chi connectivity index (χ2v) is 5.80. The monoisotopic (exact) mass is 336 g/mol. The first-order valence-electron chi connectivity index (χ1n) is 7.40. The zero-order chi connectivity index (χ0) is 16.5. The van der Waals surface area contributed by atoms with E-state index in [1.165, 1.54) is 11.9 Å². The molecule has 0 atom stereocenters. The molecular formula is C18H13ClN4O. The highest BCUT2D eigenvalue weighted by Gasteiger charge is 2.12. The molecule has 24 heavy (non-hydrogen) atoms. The largest absolute Gasteiger partial charge is 0.438 e. The van der Waals surface area contributed by atoms with Crippen LogP contribution >= 0.6 is 11.6 Å². The minimum absolute atomic E-state index is 0.476. The molecule has 0 spiro atoms. The average Bonchev–Trinajstić information content (AvgIpc) is 3.03. The summed E-state index contributed by atoms with van der Waals surface area (Å²) in [6, 6.07) is 15.2. The predicted molar refractivity (Wildman–Crippen MR) is 92.9 cm³/mol. The van der Waals surface area contributed by atoms with E-state index < -0.39 is 0 Å². The molecule has 0 aliphatic heterocycles. The van der Waals surface area contributed by atoms with Crippen LogP contribution in [-0.2, 0) is 0 Å². The Bertz CT molecular complexity index is 994. The number of hydrogen-bond acceptors (Lipinski definition) is 4. The molecular weight excluding hydrogens is 324 g/mol. The first kappa shape index (κ1) is 14.7. The van der Waals surface area contributed by atoms with Crippen molar-refractivity contribution in [1.82, 2.24) is 19.7 Å². The molecule has 0 fully saturated rings. The Kier molecular flexibility index (Phi) is 3.63. The van der Waals surface area contributed by atoms with Gasteiger partial charge in [-0.1, -0.05) is 29.3 Å². The van der Waals surface area contributed by atoms with Crippen molar-refractivity contribution in [3.05, 3.63) is 71.6 Å². The maximum atomic E-state index is 5.94. The van der Waals surface area contributed by atoms with Gasteiger partial charge in [0.25, 0.3) is 0 Å². The molecule has 2 aromatic carbocycles. The van der Waals surface area contributed by atoms with Gasteiger partial charge < -0.3 is 4.74 Å². The number of ether oxygens (including phenoxy) is 1. The maximum absolute atomic E-state index is 5.94. The van der Waals surface area contributed by atoms with Crippen molar-refractivity contribution in [2.24, 2.45) is 0 Å². The Hall–Kier alpha value is -2.92. The number of halogens is 1. The van der Waals surface area contributed by atoms with Crippen molar-refractivity contribution in [3.63, 3.8) is 0 Å². The van der Waals surface area contributed by atoms with E-state index in [1.807, 2.05) is 55.5 Å². The normalized spacial score (nSPS) is 10.9. The summed E-state index contributed by atoms with van der Waals surface area (Å²) in [6.45, 7) is 2.03. The SMILES string of the molecule is Cc1ccc(Oc2ncnc3c2cnn3-c2ccc(Cl)cc2)cc1. The molecule has 0 N–H and O–H groups in total. The van der Waals surface area contributed by atoms with Crippen LogP contribution in [0.25, 0.3) is 16.7 Å². The Morgan fingerprint density at radius 2 is 1.71 bits per heavy atom. The molecule has 2 heterocycles. The summed E-state index contributed by atoms with van der Waals surface area (Å²) in [5.74, 6) is 1.20. The van der Waals surface area contributed by atoms with Crippen LogP contribution in [-0.4, -0.2) is 19.7 Å². The third-order valence-corrected chi connectivity index (χ3v) is 3.89. The number of hydrogen-bond donors (Lipinski definition) is 0. The van der Waals surface area contributed by atoms with Gasteiger partial charge in [-0.3, -0.25) is 0 Å². The van der Waals surface area contributed by atoms with Crippen LogP contribution in [0.3, 0.4) is 0 Å². The number of aryl methyl sites for hydroxylation is 1. The molecule has 0 aliphatic rings. The summed E-state index contributed by atoms with van der Waals surface area (Å²) in [5.41, 5.74) is 2.72. The van der Waals surface area contributed by atoms with Crippen molar-refractivity contribution in [3.8, 4) is 17.3 Å². The van der Waals surface area contributed by atoms with Gasteiger partial charge in [-0.25, -0.2) is 14.6 Å². The summed E-state index contributed by atoms with van der Waals surface area (Å²) in [7, 11) is 0. The molecule has 118 valence electrons. The summed E-state index contributed by atoms with van der Waals surface area (Å²) in [6.07, 6.45) is 3.17. The lowest BCUT2D eigenvalue weighted by Crippen LogP contribution is -1.98. The van der Waals surface area contributed by atoms with Crippen molar-refractivity contribution in [1.29, 1.82) is 0 Å². The van der Waals surface area contributed by atoms with Crippen LogP contribution in [0.2, 0.25) is 5.02 Å². The number of rotatable bonds is 3. The zero-order valence-corrected chi connectivity index (χ0v) is 13.6. The van der Waals surface area contributed by atoms with Gasteiger partial charge in [-0.2, -0.15) is 5.10 Å². The molecule has 5 nitrogen and oxygen atoms in total. The van der Waals surface area contributed by atoms with E-state index in [0.29, 0.717) is 16.5 Å². The van der Waals surface area contributed by atoms with Crippen LogP contribution in [0.1, 0.15) is 5.56 Å². The van der Waals surface area contributed by atoms with Crippen LogP contribution < -0.4 is 4.74 Å². The number of benzene rings is 2. The van der Waals surface area contributed by atoms with Crippen LogP contribution in [0.4, 0.5) is 0 Å². The third-order valence-electron chi connectivity index (χ3n) is 3.64. The molecule has 0 unspecified atom stereocenters. The minimum atomic E-state index is 0.476. The van der Waals surface area contributed by atoms with Gasteiger partial charge in [0, 0.05) is 5.02 Å². The minimum Gasteiger partial charge on any atom is -0.438 e. The van der Waals surface area contributed by atoms with E-state index in [-0.39, 0.29) is 0 Å². The fourth-order valence-electron chi connectivity index (χ4n) is 2.39. The summed E-state index contributed by atoms with van der Waals surface area (Å²) in [5, 5.41) is 5.82. The highest BCUT2D eigenvalue weighted by Crippen LogP contribution is 2.28. The van der Waals surface area contributed by atoms with E-state index in [1.54, 1.807) is 10.9 Å². The molecule has 0 saturated carbocycles. The third kappa shape index (κ3) is 2.70. The molecule has 0 aliphatic carbocycles. The quantitative estimate of drug-likeness (QED) is 0.550. The standard InChI is InChI=1S/C18H13ClN4O/c1-12-2-8-15(9-3-12)24-18-16-10-22-23(17(16)20-11-21-18)14-6-4-13(19)5-7-14/h2-11H,1H3. The van der Waals surface area contributed by atoms with Gasteiger partial charge in [0.1, 0.15) is 17.5 Å². The molecule has 2 aromatic heterocycles. The molecule has 0 saturated heterocycles. The first-order valence-corrected chi connectivity index (χ1v) is 7.78. The molecule has 0 radical (unpaired) electrons. The van der Waals surface area contributed by atoms with Gasteiger partial charge >= 0.3 is 0 Å². The summed E-state index contributed by atoms with van der Waals surface area (Å²) in [4.78, 5) is 8.57. The Labute approximate surface area is 143 Å². The Morgan fingerprint density at radius 3 is 2.46 bits per heavy atom. The molecule has 0 amide bonds. The van der Waals surface area contributed by atoms with Crippen LogP contribution in [0.15, 0.2) is 61.1 Å². The number of nitrogens with zero attached hydrogens (tertiary/aromatic N) is 4. The summed E-state index contributed by atoms with van der Waals surface area (Å²) < 4.78 is 7.62. The lowest BCUT2D eigenvalue weighted by atomic mass is 10.2. The average molecular weight is 337 g/mol. The van der Waals surface area contributed by atoms with E-state index >= 15 is 0 Å². The fourth-order valence-corrected chi connectivity index (χ4v) is 2.52. The Balaban J connectivity index is 1.76. The van der Waals surface area contributed by atoms with Gasteiger partial charge in [-0.15, -0.1) is 0 Å². The van der Waals surface area contributed by atoms with Gasteiger partial charge in [-0.05, 0) is 43.3 Å². The zero-order valence-electron chi connectivity index (χ0n) is 12.8. The molecule has 0 bridgehead atoms. The lowest BCUT2D eigenvalue weighted by molar-refractivity contribution is 0.468. The number of fused-ring (bicyclic) bond motifs is 1. The number of aromatic nitrogens is 4. The highest BCUT2D eigenvalue weighted by atomic mass is 35.5. The highest BCUT2D eigenvalue weighted by molar-refractivity contribution is 6.30. The van der Waals surface area contributed by atoms with Crippen molar-refractivity contribution in [2.75, 3.05) is 0 Å². The van der Waals surface area contributed by atoms with Crippen LogP contribution in [0.5, 0.6) is 11.6 Å². The smallest absolute Gasteiger partial charge is 0.233 e. The van der Waals surface area contributed by atoms with Gasteiger partial charge in [0.2, 0.25) is 5.88 Å². The van der Waals surface area contributed by atoms with Crippen molar-refractivity contribution in [2.45, 2.75) is 6.92 Å². The van der Waals surface area contributed by atoms with E-state index in [9.17, 15) is 0 Å². The lowest BCUT2D eigenvalue weighted by Gasteiger charge is -2.06. The van der Waals surface area contributed by atoms with E-state index in [4.69, 9.17) is 16.3 Å². The second-order valence-electron chi connectivity index (χ2n) is 5.36. The van der Waals surface area contributed by atoms with Crippen LogP contribution in [0, 0.1) is 6.92 Å². The first-order chi connectivity index (χ1) is 11.7. The van der Waals surface area contributed by atoms with Gasteiger partial charge in [0.15, 0.2) is 5.65 Å². The fraction of sp³-hybridized carbons (Fsp3) is 0.0556. The van der Waals surface area contributed by atoms with E-state index in [2.05, 4.69) is 15.1 Å². The maximum Gasteiger partial charge on any atom is 0.233 e. The van der Waals surface area contributed by atoms with Crippen molar-refractivity contribution < 1.29 is 4.74 Å². The van der Waals surface area contributed by atoms with Gasteiger partial charge in [0.05, 0.1) is 11.9 Å². The molecule has 6 heteroatoms. The van der Waals surface area contributed by atoms with Crippen molar-refractivity contribution >= 4 is 22.6 Å². The predicted octanol–water partition coefficient (Wildman–Crippen LogP) is 4.57. The topological polar surface area (TPSA) is 52.8 Å². The second kappa shape index (κ2) is 5.94.